The Bertz CT molecular complexity index is 816. The minimum Gasteiger partial charge on any atom is -0.468 e. The van der Waals surface area contributed by atoms with Crippen molar-refractivity contribution >= 4 is 21.7 Å². The van der Waals surface area contributed by atoms with E-state index >= 15 is 0 Å². The summed E-state index contributed by atoms with van der Waals surface area (Å²) in [5.41, 5.74) is 0. The van der Waals surface area contributed by atoms with E-state index in [4.69, 9.17) is 4.42 Å². The van der Waals surface area contributed by atoms with Crippen molar-refractivity contribution in [3.05, 3.63) is 54.2 Å². The summed E-state index contributed by atoms with van der Waals surface area (Å²) < 4.78 is 43.7. The van der Waals surface area contributed by atoms with E-state index in [1.54, 1.807) is 0 Å². The van der Waals surface area contributed by atoms with Gasteiger partial charge in [0.15, 0.2) is 9.84 Å². The normalized spacial score (nSPS) is 12.4. The van der Waals surface area contributed by atoms with Gasteiger partial charge >= 0.3 is 11.8 Å². The minimum absolute atomic E-state index is 0.0940. The topological polar surface area (TPSA) is 105 Å². The lowest BCUT2D eigenvalue weighted by Gasteiger charge is -2.16. The Labute approximate surface area is 137 Å². The van der Waals surface area contributed by atoms with Gasteiger partial charge in [-0.05, 0) is 36.4 Å². The summed E-state index contributed by atoms with van der Waals surface area (Å²) in [5, 5.41) is 3.12. The summed E-state index contributed by atoms with van der Waals surface area (Å²) in [6.45, 7) is -0.376. The van der Waals surface area contributed by atoms with Crippen molar-refractivity contribution in [3.63, 3.8) is 0 Å². The fourth-order valence-electron chi connectivity index (χ4n) is 2.01. The summed E-state index contributed by atoms with van der Waals surface area (Å²) in [4.78, 5) is 22.7. The van der Waals surface area contributed by atoms with Gasteiger partial charge in [0, 0.05) is 13.6 Å². The predicted molar refractivity (Wildman–Crippen MR) is 82.1 cm³/mol. The molecule has 1 aromatic carbocycles. The molecule has 9 heteroatoms. The summed E-state index contributed by atoms with van der Waals surface area (Å²) in [6.07, 6.45) is 1.29. The van der Waals surface area contributed by atoms with E-state index in [1.165, 1.54) is 25.4 Å². The molecular weight excluding hydrogens is 339 g/mol. The van der Waals surface area contributed by atoms with Gasteiger partial charge in [0.25, 0.3) is 0 Å². The SMILES string of the molecule is CNC(=O)C(=O)NC[C@H](c1ccco1)S(=O)(=O)c1ccc(F)cc1. The Morgan fingerprint density at radius 3 is 2.38 bits per heavy atom. The monoisotopic (exact) mass is 354 g/mol. The third kappa shape index (κ3) is 3.80. The maximum Gasteiger partial charge on any atom is 0.309 e. The van der Waals surface area contributed by atoms with Crippen LogP contribution in [0.4, 0.5) is 4.39 Å². The van der Waals surface area contributed by atoms with Crippen LogP contribution in [0.15, 0.2) is 52.0 Å². The van der Waals surface area contributed by atoms with Gasteiger partial charge in [0.2, 0.25) is 0 Å². The van der Waals surface area contributed by atoms with Crippen LogP contribution in [0.2, 0.25) is 0 Å². The average molecular weight is 354 g/mol. The molecule has 2 N–H and O–H groups in total. The van der Waals surface area contributed by atoms with Gasteiger partial charge in [-0.3, -0.25) is 9.59 Å². The quantitative estimate of drug-likeness (QED) is 0.610. The van der Waals surface area contributed by atoms with Gasteiger partial charge < -0.3 is 15.1 Å². The molecule has 0 saturated heterocycles. The first kappa shape index (κ1) is 17.7. The number of carbonyl (C=O) groups is 2. The lowest BCUT2D eigenvalue weighted by Crippen LogP contribution is -2.40. The second kappa shape index (κ2) is 7.26. The molecule has 0 radical (unpaired) electrons. The van der Waals surface area contributed by atoms with Gasteiger partial charge in [0.1, 0.15) is 16.8 Å². The molecule has 0 saturated carbocycles. The summed E-state index contributed by atoms with van der Waals surface area (Å²) in [7, 11) is -2.70. The molecule has 2 amide bonds. The second-order valence-corrected chi connectivity index (χ2v) is 6.92. The second-order valence-electron chi connectivity index (χ2n) is 4.79. The van der Waals surface area contributed by atoms with E-state index in [-0.39, 0.29) is 17.2 Å². The lowest BCUT2D eigenvalue weighted by atomic mass is 10.3. The molecule has 0 bridgehead atoms. The van der Waals surface area contributed by atoms with Crippen LogP contribution in [0.5, 0.6) is 0 Å². The molecule has 2 rings (SSSR count). The molecule has 0 spiro atoms. The Balaban J connectivity index is 2.31. The zero-order valence-electron chi connectivity index (χ0n) is 12.7. The molecule has 7 nitrogen and oxygen atoms in total. The number of rotatable bonds is 5. The standard InChI is InChI=1S/C15H15FN2O5S/c1-17-14(19)15(20)18-9-13(12-3-2-8-23-12)24(21,22)11-6-4-10(16)5-7-11/h2-8,13H,9H2,1H3,(H,17,19)(H,18,20)/t13-/m1/s1. The first-order valence-electron chi connectivity index (χ1n) is 6.89. The number of sulfone groups is 1. The molecule has 128 valence electrons. The Hall–Kier alpha value is -2.68. The number of nitrogens with one attached hydrogen (secondary N) is 2. The van der Waals surface area contributed by atoms with Crippen LogP contribution >= 0.6 is 0 Å². The molecule has 0 aliphatic carbocycles. The smallest absolute Gasteiger partial charge is 0.309 e. The molecular formula is C15H15FN2O5S. The largest absolute Gasteiger partial charge is 0.468 e. The van der Waals surface area contributed by atoms with Gasteiger partial charge in [-0.2, -0.15) is 0 Å². The highest BCUT2D eigenvalue weighted by molar-refractivity contribution is 7.91. The molecule has 24 heavy (non-hydrogen) atoms. The number of hydrogen-bond donors (Lipinski definition) is 2. The van der Waals surface area contributed by atoms with E-state index in [9.17, 15) is 22.4 Å². The maximum atomic E-state index is 13.0. The molecule has 0 fully saturated rings. The fourth-order valence-corrected chi connectivity index (χ4v) is 3.59. The first-order valence-corrected chi connectivity index (χ1v) is 8.43. The Morgan fingerprint density at radius 1 is 1.17 bits per heavy atom. The van der Waals surface area contributed by atoms with Crippen LogP contribution in [0.3, 0.4) is 0 Å². The summed E-state index contributed by atoms with van der Waals surface area (Å²) in [6, 6.07) is 7.24. The number of benzene rings is 1. The zero-order valence-corrected chi connectivity index (χ0v) is 13.5. The average Bonchev–Trinajstić information content (AvgIpc) is 3.08. The van der Waals surface area contributed by atoms with E-state index in [2.05, 4.69) is 10.6 Å². The van der Waals surface area contributed by atoms with Crippen molar-refractivity contribution in [2.24, 2.45) is 0 Å². The molecule has 0 unspecified atom stereocenters. The fraction of sp³-hybridized carbons (Fsp3) is 0.200. The summed E-state index contributed by atoms with van der Waals surface area (Å²) >= 11 is 0. The van der Waals surface area contributed by atoms with E-state index in [0.29, 0.717) is 0 Å². The van der Waals surface area contributed by atoms with Crippen LogP contribution in [-0.2, 0) is 19.4 Å². The van der Waals surface area contributed by atoms with Gasteiger partial charge in [-0.1, -0.05) is 0 Å². The maximum absolute atomic E-state index is 13.0. The van der Waals surface area contributed by atoms with Gasteiger partial charge in [0.05, 0.1) is 11.2 Å². The zero-order chi connectivity index (χ0) is 17.7. The Morgan fingerprint density at radius 2 is 1.83 bits per heavy atom. The highest BCUT2D eigenvalue weighted by atomic mass is 32.2. The molecule has 0 aliphatic heterocycles. The van der Waals surface area contributed by atoms with Crippen LogP contribution < -0.4 is 10.6 Å². The summed E-state index contributed by atoms with van der Waals surface area (Å²) in [5.74, 6) is -2.34. The van der Waals surface area contributed by atoms with Crippen molar-refractivity contribution in [1.82, 2.24) is 10.6 Å². The molecule has 1 aromatic heterocycles. The number of amides is 2. The molecule has 1 heterocycles. The van der Waals surface area contributed by atoms with Crippen molar-refractivity contribution < 1.29 is 26.8 Å². The van der Waals surface area contributed by atoms with E-state index in [0.717, 1.165) is 24.3 Å². The van der Waals surface area contributed by atoms with Crippen LogP contribution in [0.1, 0.15) is 11.0 Å². The van der Waals surface area contributed by atoms with Crippen LogP contribution in [-0.4, -0.2) is 33.8 Å². The highest BCUT2D eigenvalue weighted by Gasteiger charge is 2.32. The first-order chi connectivity index (χ1) is 11.4. The van der Waals surface area contributed by atoms with Crippen molar-refractivity contribution in [3.8, 4) is 0 Å². The van der Waals surface area contributed by atoms with Crippen molar-refractivity contribution in [1.29, 1.82) is 0 Å². The molecule has 2 aromatic rings. The van der Waals surface area contributed by atoms with Gasteiger partial charge in [-0.15, -0.1) is 0 Å². The number of carbonyl (C=O) groups excluding carboxylic acids is 2. The third-order valence-corrected chi connectivity index (χ3v) is 5.34. The third-order valence-electron chi connectivity index (χ3n) is 3.26. The van der Waals surface area contributed by atoms with E-state index < -0.39 is 32.7 Å². The number of halogens is 1. The number of hydrogen-bond acceptors (Lipinski definition) is 5. The van der Waals surface area contributed by atoms with Gasteiger partial charge in [-0.25, -0.2) is 12.8 Å². The lowest BCUT2D eigenvalue weighted by molar-refractivity contribution is -0.138. The highest BCUT2D eigenvalue weighted by Crippen LogP contribution is 2.29. The molecule has 1 atom stereocenters. The number of likely N-dealkylation sites (N-methyl/N-ethyl adjacent to an activating group) is 1. The minimum atomic E-state index is -3.98. The van der Waals surface area contributed by atoms with Crippen molar-refractivity contribution in [2.75, 3.05) is 13.6 Å². The van der Waals surface area contributed by atoms with Crippen LogP contribution in [0, 0.1) is 5.82 Å². The van der Waals surface area contributed by atoms with Crippen LogP contribution in [0.25, 0.3) is 0 Å². The molecule has 0 aliphatic rings. The predicted octanol–water partition coefficient (Wildman–Crippen LogP) is 0.796. The Kier molecular flexibility index (Phi) is 5.35. The van der Waals surface area contributed by atoms with Crippen molar-refractivity contribution in [2.45, 2.75) is 10.1 Å². The van der Waals surface area contributed by atoms with E-state index in [1.807, 2.05) is 0 Å². The number of furan rings is 1.